The Hall–Kier alpha value is -2.68. The SMILES string of the molecule is O=C1OCc2c1nc1ccccc1c2-c1ccccc1. The van der Waals surface area contributed by atoms with Crippen LogP contribution in [0.4, 0.5) is 0 Å². The van der Waals surface area contributed by atoms with E-state index in [1.54, 1.807) is 0 Å². The minimum atomic E-state index is -0.331. The number of para-hydroxylation sites is 1. The van der Waals surface area contributed by atoms with E-state index in [9.17, 15) is 4.79 Å². The van der Waals surface area contributed by atoms with Gasteiger partial charge in [-0.15, -0.1) is 0 Å². The van der Waals surface area contributed by atoms with Crippen LogP contribution in [0.25, 0.3) is 22.0 Å². The van der Waals surface area contributed by atoms with Gasteiger partial charge in [-0.1, -0.05) is 48.5 Å². The van der Waals surface area contributed by atoms with Crippen molar-refractivity contribution in [2.45, 2.75) is 6.61 Å². The largest absolute Gasteiger partial charge is 0.456 e. The average Bonchev–Trinajstić information content (AvgIpc) is 2.87. The first-order valence-electron chi connectivity index (χ1n) is 6.49. The summed E-state index contributed by atoms with van der Waals surface area (Å²) in [6, 6.07) is 17.9. The number of carbonyl (C=O) groups excluding carboxylic acids is 1. The molecule has 20 heavy (non-hydrogen) atoms. The van der Waals surface area contributed by atoms with E-state index in [1.807, 2.05) is 54.6 Å². The Kier molecular flexibility index (Phi) is 2.33. The van der Waals surface area contributed by atoms with Crippen molar-refractivity contribution in [2.75, 3.05) is 0 Å². The monoisotopic (exact) mass is 261 g/mol. The number of aromatic nitrogens is 1. The second-order valence-electron chi connectivity index (χ2n) is 4.77. The van der Waals surface area contributed by atoms with Crippen LogP contribution in [0.1, 0.15) is 16.1 Å². The van der Waals surface area contributed by atoms with Crippen molar-refractivity contribution in [2.24, 2.45) is 0 Å². The molecular weight excluding hydrogens is 250 g/mol. The van der Waals surface area contributed by atoms with Crippen LogP contribution >= 0.6 is 0 Å². The number of nitrogens with zero attached hydrogens (tertiary/aromatic N) is 1. The predicted octanol–water partition coefficient (Wildman–Crippen LogP) is 3.57. The average molecular weight is 261 g/mol. The van der Waals surface area contributed by atoms with Crippen molar-refractivity contribution in [1.29, 1.82) is 0 Å². The highest BCUT2D eigenvalue weighted by molar-refractivity contribution is 6.03. The molecule has 0 bridgehead atoms. The van der Waals surface area contributed by atoms with Crippen molar-refractivity contribution in [3.63, 3.8) is 0 Å². The fourth-order valence-corrected chi connectivity index (χ4v) is 2.70. The zero-order valence-electron chi connectivity index (χ0n) is 10.7. The van der Waals surface area contributed by atoms with Gasteiger partial charge < -0.3 is 4.74 Å². The quantitative estimate of drug-likeness (QED) is 0.628. The third kappa shape index (κ3) is 1.53. The maximum Gasteiger partial charge on any atom is 0.357 e. The summed E-state index contributed by atoms with van der Waals surface area (Å²) in [5.74, 6) is -0.331. The van der Waals surface area contributed by atoms with E-state index < -0.39 is 0 Å². The third-order valence-corrected chi connectivity index (χ3v) is 3.60. The minimum absolute atomic E-state index is 0.302. The standard InChI is InChI=1S/C17H11NO2/c19-17-16-13(10-20-17)15(11-6-2-1-3-7-11)12-8-4-5-9-14(12)18-16/h1-9H,10H2. The summed E-state index contributed by atoms with van der Waals surface area (Å²) >= 11 is 0. The van der Waals surface area contributed by atoms with Crippen LogP contribution in [-0.2, 0) is 11.3 Å². The molecule has 1 aliphatic rings. The number of ether oxygens (including phenoxy) is 1. The molecule has 3 heteroatoms. The summed E-state index contributed by atoms with van der Waals surface area (Å²) in [6.45, 7) is 0.302. The summed E-state index contributed by atoms with van der Waals surface area (Å²) < 4.78 is 5.16. The van der Waals surface area contributed by atoms with E-state index in [2.05, 4.69) is 4.98 Å². The number of fused-ring (bicyclic) bond motifs is 2. The summed E-state index contributed by atoms with van der Waals surface area (Å²) in [6.07, 6.45) is 0. The molecule has 3 nitrogen and oxygen atoms in total. The van der Waals surface area contributed by atoms with Crippen LogP contribution < -0.4 is 0 Å². The van der Waals surface area contributed by atoms with Gasteiger partial charge in [0.25, 0.3) is 0 Å². The minimum Gasteiger partial charge on any atom is -0.456 e. The van der Waals surface area contributed by atoms with Crippen LogP contribution in [0.15, 0.2) is 54.6 Å². The topological polar surface area (TPSA) is 39.2 Å². The van der Waals surface area contributed by atoms with Gasteiger partial charge in [-0.3, -0.25) is 0 Å². The van der Waals surface area contributed by atoms with Crippen molar-refractivity contribution in [1.82, 2.24) is 4.98 Å². The lowest BCUT2D eigenvalue weighted by Gasteiger charge is -2.10. The summed E-state index contributed by atoms with van der Waals surface area (Å²) in [5, 5.41) is 1.05. The maximum absolute atomic E-state index is 11.8. The Labute approximate surface area is 115 Å². The van der Waals surface area contributed by atoms with Crippen LogP contribution in [-0.4, -0.2) is 11.0 Å². The third-order valence-electron chi connectivity index (χ3n) is 3.60. The smallest absolute Gasteiger partial charge is 0.357 e. The van der Waals surface area contributed by atoms with Gasteiger partial charge in [0, 0.05) is 16.5 Å². The summed E-state index contributed by atoms with van der Waals surface area (Å²) in [7, 11) is 0. The molecule has 1 aliphatic heterocycles. The molecule has 0 spiro atoms. The molecule has 0 N–H and O–H groups in total. The lowest BCUT2D eigenvalue weighted by Crippen LogP contribution is -1.99. The number of hydrogen-bond donors (Lipinski definition) is 0. The molecule has 0 saturated heterocycles. The number of carbonyl (C=O) groups is 1. The lowest BCUT2D eigenvalue weighted by atomic mass is 9.95. The van der Waals surface area contributed by atoms with Crippen molar-refractivity contribution in [3.8, 4) is 11.1 Å². The van der Waals surface area contributed by atoms with Gasteiger partial charge in [0.05, 0.1) is 5.52 Å². The molecule has 0 aliphatic carbocycles. The summed E-state index contributed by atoms with van der Waals surface area (Å²) in [5.41, 5.74) is 4.30. The van der Waals surface area contributed by atoms with Crippen LogP contribution in [0.5, 0.6) is 0 Å². The molecule has 0 unspecified atom stereocenters. The Morgan fingerprint density at radius 1 is 0.950 bits per heavy atom. The molecule has 1 aromatic heterocycles. The van der Waals surface area contributed by atoms with Gasteiger partial charge in [-0.25, -0.2) is 9.78 Å². The normalized spacial score (nSPS) is 13.3. The number of cyclic esters (lactones) is 1. The molecule has 0 saturated carbocycles. The highest BCUT2D eigenvalue weighted by Gasteiger charge is 2.27. The Morgan fingerprint density at radius 2 is 1.70 bits per heavy atom. The number of hydrogen-bond acceptors (Lipinski definition) is 3. The highest BCUT2D eigenvalue weighted by Crippen LogP contribution is 2.36. The zero-order chi connectivity index (χ0) is 13.5. The lowest BCUT2D eigenvalue weighted by molar-refractivity contribution is 0.0531. The van der Waals surface area contributed by atoms with Gasteiger partial charge >= 0.3 is 5.97 Å². The van der Waals surface area contributed by atoms with E-state index >= 15 is 0 Å². The van der Waals surface area contributed by atoms with E-state index in [0.717, 1.165) is 27.6 Å². The second kappa shape index (κ2) is 4.17. The van der Waals surface area contributed by atoms with Gasteiger partial charge in [0.2, 0.25) is 0 Å². The van der Waals surface area contributed by atoms with E-state index in [4.69, 9.17) is 4.74 Å². The molecule has 2 heterocycles. The van der Waals surface area contributed by atoms with Gasteiger partial charge in [0.15, 0.2) is 5.69 Å². The Morgan fingerprint density at radius 3 is 2.55 bits per heavy atom. The number of rotatable bonds is 1. The number of benzene rings is 2. The first-order valence-corrected chi connectivity index (χ1v) is 6.49. The molecular formula is C17H11NO2. The van der Waals surface area contributed by atoms with Gasteiger partial charge in [0.1, 0.15) is 6.61 Å². The van der Waals surface area contributed by atoms with Crippen molar-refractivity contribution < 1.29 is 9.53 Å². The molecule has 0 radical (unpaired) electrons. The van der Waals surface area contributed by atoms with E-state index in [-0.39, 0.29) is 5.97 Å². The van der Waals surface area contributed by atoms with Crippen LogP contribution in [0.2, 0.25) is 0 Å². The summed E-state index contributed by atoms with van der Waals surface area (Å²) in [4.78, 5) is 16.3. The molecule has 3 aromatic rings. The molecule has 96 valence electrons. The van der Waals surface area contributed by atoms with E-state index in [0.29, 0.717) is 12.3 Å². The predicted molar refractivity (Wildman–Crippen MR) is 76.3 cm³/mol. The molecule has 0 fully saturated rings. The number of pyridine rings is 1. The zero-order valence-corrected chi connectivity index (χ0v) is 10.7. The Bertz CT molecular complexity index is 825. The first kappa shape index (κ1) is 11.2. The molecule has 0 amide bonds. The van der Waals surface area contributed by atoms with Crippen LogP contribution in [0, 0.1) is 0 Å². The number of esters is 1. The van der Waals surface area contributed by atoms with Gasteiger partial charge in [-0.05, 0) is 11.6 Å². The van der Waals surface area contributed by atoms with Crippen molar-refractivity contribution in [3.05, 3.63) is 65.9 Å². The molecule has 2 aromatic carbocycles. The fraction of sp³-hybridized carbons (Fsp3) is 0.0588. The first-order chi connectivity index (χ1) is 9.84. The maximum atomic E-state index is 11.8. The molecule has 4 rings (SSSR count). The van der Waals surface area contributed by atoms with Crippen molar-refractivity contribution >= 4 is 16.9 Å². The molecule has 0 atom stereocenters. The highest BCUT2D eigenvalue weighted by atomic mass is 16.5. The van der Waals surface area contributed by atoms with Gasteiger partial charge in [-0.2, -0.15) is 0 Å². The van der Waals surface area contributed by atoms with E-state index in [1.165, 1.54) is 0 Å². The Balaban J connectivity index is 2.15. The van der Waals surface area contributed by atoms with Crippen LogP contribution in [0.3, 0.4) is 0 Å². The second-order valence-corrected chi connectivity index (χ2v) is 4.77. The fourth-order valence-electron chi connectivity index (χ4n) is 2.70.